The number of methoxy groups -OCH3 is 2. The lowest BCUT2D eigenvalue weighted by atomic mass is 10.0. The Hall–Kier alpha value is -1.40. The summed E-state index contributed by atoms with van der Waals surface area (Å²) >= 11 is 0. The third-order valence-corrected chi connectivity index (χ3v) is 2.36. The van der Waals surface area contributed by atoms with Crippen LogP contribution in [0.25, 0.3) is 0 Å². The smallest absolute Gasteiger partial charge is 0.263 e. The zero-order valence-corrected chi connectivity index (χ0v) is 9.61. The molecule has 0 saturated heterocycles. The van der Waals surface area contributed by atoms with Crippen LogP contribution in [0.4, 0.5) is 8.78 Å². The molecule has 0 radical (unpaired) electrons. The van der Waals surface area contributed by atoms with E-state index < -0.39 is 12.5 Å². The molecule has 1 rings (SSSR count). The minimum atomic E-state index is -2.65. The van der Waals surface area contributed by atoms with Crippen LogP contribution in [0.5, 0.6) is 11.5 Å². The number of rotatable bonds is 5. The molecule has 0 spiro atoms. The minimum absolute atomic E-state index is 0.0911. The van der Waals surface area contributed by atoms with Crippen molar-refractivity contribution >= 4 is 0 Å². The number of hydrogen-bond donors (Lipinski definition) is 2. The van der Waals surface area contributed by atoms with E-state index in [2.05, 4.69) is 0 Å². The molecule has 96 valence electrons. The molecule has 1 aromatic rings. The van der Waals surface area contributed by atoms with Crippen molar-refractivity contribution < 1.29 is 23.4 Å². The van der Waals surface area contributed by atoms with E-state index in [1.807, 2.05) is 0 Å². The fourth-order valence-electron chi connectivity index (χ4n) is 1.52. The monoisotopic (exact) mass is 247 g/mol. The summed E-state index contributed by atoms with van der Waals surface area (Å²) in [5.74, 6) is 0.364. The van der Waals surface area contributed by atoms with Gasteiger partial charge in [-0.15, -0.1) is 0 Å². The molecule has 1 unspecified atom stereocenters. The van der Waals surface area contributed by atoms with Crippen molar-refractivity contribution in [1.82, 2.24) is 0 Å². The summed E-state index contributed by atoms with van der Waals surface area (Å²) in [7, 11) is 2.71. The van der Waals surface area contributed by atoms with Crippen molar-refractivity contribution in [2.24, 2.45) is 5.73 Å². The first-order valence-electron chi connectivity index (χ1n) is 4.97. The summed E-state index contributed by atoms with van der Waals surface area (Å²) in [6.45, 7) is -0.0911. The first-order valence-corrected chi connectivity index (χ1v) is 4.97. The summed E-state index contributed by atoms with van der Waals surface area (Å²) < 4.78 is 35.3. The lowest BCUT2D eigenvalue weighted by molar-refractivity contribution is 0.149. The number of aliphatic hydroxyl groups is 1. The second-order valence-electron chi connectivity index (χ2n) is 3.40. The molecule has 0 aliphatic rings. The van der Waals surface area contributed by atoms with E-state index in [1.54, 1.807) is 0 Å². The number of alkyl halides is 2. The largest absolute Gasteiger partial charge is 0.493 e. The number of hydrogen-bond acceptors (Lipinski definition) is 4. The van der Waals surface area contributed by atoms with Crippen LogP contribution < -0.4 is 15.2 Å². The van der Waals surface area contributed by atoms with Gasteiger partial charge in [-0.05, 0) is 12.1 Å². The van der Waals surface area contributed by atoms with Gasteiger partial charge in [-0.1, -0.05) is 0 Å². The van der Waals surface area contributed by atoms with Crippen molar-refractivity contribution in [3.8, 4) is 11.5 Å². The maximum absolute atomic E-state index is 12.7. The molecule has 1 atom stereocenters. The molecule has 3 N–H and O–H groups in total. The highest BCUT2D eigenvalue weighted by Crippen LogP contribution is 2.38. The number of ether oxygens (including phenoxy) is 2. The number of halogens is 2. The van der Waals surface area contributed by atoms with Crippen molar-refractivity contribution in [2.75, 3.05) is 20.8 Å². The van der Waals surface area contributed by atoms with Gasteiger partial charge in [-0.25, -0.2) is 8.78 Å². The van der Waals surface area contributed by atoms with Crippen molar-refractivity contribution in [3.63, 3.8) is 0 Å². The Morgan fingerprint density at radius 1 is 1.29 bits per heavy atom. The number of aliphatic hydroxyl groups excluding tert-OH is 1. The van der Waals surface area contributed by atoms with Crippen molar-refractivity contribution in [1.29, 1.82) is 0 Å². The molecule has 0 heterocycles. The van der Waals surface area contributed by atoms with Gasteiger partial charge in [0.1, 0.15) is 0 Å². The summed E-state index contributed by atoms with van der Waals surface area (Å²) in [6, 6.07) is 2.35. The van der Waals surface area contributed by atoms with Gasteiger partial charge in [0.25, 0.3) is 6.43 Å². The summed E-state index contributed by atoms with van der Waals surface area (Å²) in [4.78, 5) is 0. The topological polar surface area (TPSA) is 64.7 Å². The van der Waals surface area contributed by atoms with Gasteiger partial charge in [0.2, 0.25) is 0 Å². The molecular formula is C11H15F2NO3. The lowest BCUT2D eigenvalue weighted by Gasteiger charge is -2.17. The zero-order valence-electron chi connectivity index (χ0n) is 9.61. The van der Waals surface area contributed by atoms with E-state index >= 15 is 0 Å². The van der Waals surface area contributed by atoms with Crippen molar-refractivity contribution in [3.05, 3.63) is 23.3 Å². The number of benzene rings is 1. The third-order valence-electron chi connectivity index (χ3n) is 2.36. The average Bonchev–Trinajstić information content (AvgIpc) is 2.35. The van der Waals surface area contributed by atoms with Gasteiger partial charge < -0.3 is 20.3 Å². The fraction of sp³-hybridized carbons (Fsp3) is 0.455. The van der Waals surface area contributed by atoms with Crippen LogP contribution in [0.3, 0.4) is 0 Å². The summed E-state index contributed by atoms with van der Waals surface area (Å²) in [6.07, 6.45) is -3.73. The van der Waals surface area contributed by atoms with Crippen LogP contribution in [0.15, 0.2) is 12.1 Å². The molecule has 0 aliphatic carbocycles. The van der Waals surface area contributed by atoms with Crippen LogP contribution in [0.1, 0.15) is 23.7 Å². The average molecular weight is 247 g/mol. The van der Waals surface area contributed by atoms with Crippen LogP contribution in [-0.2, 0) is 0 Å². The normalized spacial score (nSPS) is 12.6. The first kappa shape index (κ1) is 13.7. The highest BCUT2D eigenvalue weighted by Gasteiger charge is 2.20. The molecule has 0 bridgehead atoms. The molecule has 0 aromatic heterocycles. The standard InChI is InChI=1S/C11H15F2NO3/c1-16-9-4-6(11(12)13)3-7(8(15)5-14)10(9)17-2/h3-4,8,11,15H,5,14H2,1-2H3. The SMILES string of the molecule is COc1cc(C(F)F)cc(C(O)CN)c1OC. The van der Waals surface area contributed by atoms with Gasteiger partial charge in [0.05, 0.1) is 20.3 Å². The second-order valence-corrected chi connectivity index (χ2v) is 3.40. The van der Waals surface area contributed by atoms with E-state index in [0.29, 0.717) is 0 Å². The van der Waals surface area contributed by atoms with E-state index in [1.165, 1.54) is 26.4 Å². The Labute approximate surface area is 97.9 Å². The van der Waals surface area contributed by atoms with Crippen LogP contribution in [-0.4, -0.2) is 25.9 Å². The molecule has 4 nitrogen and oxygen atoms in total. The van der Waals surface area contributed by atoms with Gasteiger partial charge in [-0.2, -0.15) is 0 Å². The zero-order chi connectivity index (χ0) is 13.0. The Morgan fingerprint density at radius 3 is 2.35 bits per heavy atom. The molecule has 0 amide bonds. The van der Waals surface area contributed by atoms with E-state index in [4.69, 9.17) is 15.2 Å². The molecule has 0 aliphatic heterocycles. The summed E-state index contributed by atoms with van der Waals surface area (Å²) in [5, 5.41) is 9.66. The molecule has 0 saturated carbocycles. The summed E-state index contributed by atoms with van der Waals surface area (Å²) in [5.41, 5.74) is 5.27. The fourth-order valence-corrected chi connectivity index (χ4v) is 1.52. The first-order chi connectivity index (χ1) is 8.04. The minimum Gasteiger partial charge on any atom is -0.493 e. The maximum atomic E-state index is 12.7. The number of nitrogens with two attached hydrogens (primary N) is 1. The van der Waals surface area contributed by atoms with Gasteiger partial charge >= 0.3 is 0 Å². The van der Waals surface area contributed by atoms with Crippen molar-refractivity contribution in [2.45, 2.75) is 12.5 Å². The van der Waals surface area contributed by atoms with Crippen LogP contribution in [0.2, 0.25) is 0 Å². The second kappa shape index (κ2) is 5.79. The molecular weight excluding hydrogens is 232 g/mol. The van der Waals surface area contributed by atoms with E-state index in [-0.39, 0.29) is 29.2 Å². The Morgan fingerprint density at radius 2 is 1.94 bits per heavy atom. The van der Waals surface area contributed by atoms with E-state index in [9.17, 15) is 13.9 Å². The Balaban J connectivity index is 3.37. The quantitative estimate of drug-likeness (QED) is 0.830. The molecule has 17 heavy (non-hydrogen) atoms. The lowest BCUT2D eigenvalue weighted by Crippen LogP contribution is -2.13. The Bertz CT molecular complexity index is 385. The van der Waals surface area contributed by atoms with Gasteiger partial charge in [-0.3, -0.25) is 0 Å². The van der Waals surface area contributed by atoms with Crippen LogP contribution in [0, 0.1) is 0 Å². The van der Waals surface area contributed by atoms with Crippen LogP contribution >= 0.6 is 0 Å². The third kappa shape index (κ3) is 2.83. The predicted molar refractivity (Wildman–Crippen MR) is 58.5 cm³/mol. The molecule has 6 heteroatoms. The highest BCUT2D eigenvalue weighted by atomic mass is 19.3. The van der Waals surface area contributed by atoms with Gasteiger partial charge in [0, 0.05) is 17.7 Å². The molecule has 0 fully saturated rings. The predicted octanol–water partition coefficient (Wildman–Crippen LogP) is 1.63. The maximum Gasteiger partial charge on any atom is 0.263 e. The Kier molecular flexibility index (Phi) is 4.65. The van der Waals surface area contributed by atoms with E-state index in [0.717, 1.165) is 0 Å². The molecule has 1 aromatic carbocycles. The van der Waals surface area contributed by atoms with Gasteiger partial charge in [0.15, 0.2) is 11.5 Å². The highest BCUT2D eigenvalue weighted by molar-refractivity contribution is 5.50.